The summed E-state index contributed by atoms with van der Waals surface area (Å²) in [5, 5.41) is 3.83. The SMILES string of the molecule is CC(C)(C)Nc1nc2ccc(C(F)(F)F)cc2c(Cl)c1-c1ccccc1. The van der Waals surface area contributed by atoms with E-state index in [2.05, 4.69) is 10.3 Å². The first kappa shape index (κ1) is 18.5. The number of alkyl halides is 3. The molecule has 0 saturated carbocycles. The molecule has 0 bridgehead atoms. The Balaban J connectivity index is 2.32. The van der Waals surface area contributed by atoms with E-state index in [4.69, 9.17) is 11.6 Å². The molecular formula is C20H18ClF3N2. The van der Waals surface area contributed by atoms with Crippen LogP contribution < -0.4 is 5.32 Å². The third-order valence-electron chi connectivity index (χ3n) is 3.80. The summed E-state index contributed by atoms with van der Waals surface area (Å²) in [4.78, 5) is 4.56. The van der Waals surface area contributed by atoms with Crippen molar-refractivity contribution in [1.29, 1.82) is 0 Å². The quantitative estimate of drug-likeness (QED) is 0.531. The number of halogens is 4. The molecule has 136 valence electrons. The van der Waals surface area contributed by atoms with Crippen molar-refractivity contribution in [3.8, 4) is 11.1 Å². The average Bonchev–Trinajstić information content (AvgIpc) is 2.53. The highest BCUT2D eigenvalue weighted by Crippen LogP contribution is 2.41. The van der Waals surface area contributed by atoms with Gasteiger partial charge in [0.25, 0.3) is 0 Å². The highest BCUT2D eigenvalue weighted by Gasteiger charge is 2.31. The van der Waals surface area contributed by atoms with E-state index < -0.39 is 11.7 Å². The molecule has 2 aromatic carbocycles. The number of anilines is 1. The van der Waals surface area contributed by atoms with Crippen molar-refractivity contribution in [2.24, 2.45) is 0 Å². The fourth-order valence-electron chi connectivity index (χ4n) is 2.71. The minimum absolute atomic E-state index is 0.249. The highest BCUT2D eigenvalue weighted by molar-refractivity contribution is 6.38. The van der Waals surface area contributed by atoms with Crippen LogP contribution in [0.2, 0.25) is 5.02 Å². The number of nitrogens with zero attached hydrogens (tertiary/aromatic N) is 1. The van der Waals surface area contributed by atoms with Crippen LogP contribution in [0.15, 0.2) is 48.5 Å². The Morgan fingerprint density at radius 1 is 0.962 bits per heavy atom. The summed E-state index contributed by atoms with van der Waals surface area (Å²) in [5.41, 5.74) is 0.753. The molecule has 0 fully saturated rings. The number of pyridine rings is 1. The Hall–Kier alpha value is -2.27. The number of rotatable bonds is 2. The molecule has 0 spiro atoms. The van der Waals surface area contributed by atoms with Crippen molar-refractivity contribution < 1.29 is 13.2 Å². The predicted octanol–water partition coefficient (Wildman–Crippen LogP) is 6.78. The Kier molecular flexibility index (Phi) is 4.61. The minimum Gasteiger partial charge on any atom is -0.365 e. The zero-order valence-corrected chi connectivity index (χ0v) is 15.3. The van der Waals surface area contributed by atoms with Gasteiger partial charge in [0.05, 0.1) is 16.1 Å². The van der Waals surface area contributed by atoms with E-state index in [9.17, 15) is 13.2 Å². The Morgan fingerprint density at radius 3 is 2.19 bits per heavy atom. The van der Waals surface area contributed by atoms with Gasteiger partial charge >= 0.3 is 6.18 Å². The van der Waals surface area contributed by atoms with E-state index in [-0.39, 0.29) is 15.9 Å². The first-order valence-corrected chi connectivity index (χ1v) is 8.48. The number of hydrogen-bond acceptors (Lipinski definition) is 2. The molecule has 3 rings (SSSR count). The van der Waals surface area contributed by atoms with E-state index in [1.165, 1.54) is 6.07 Å². The molecule has 0 aliphatic carbocycles. The third-order valence-corrected chi connectivity index (χ3v) is 4.20. The van der Waals surface area contributed by atoms with E-state index in [1.807, 2.05) is 51.1 Å². The Labute approximate surface area is 155 Å². The average molecular weight is 379 g/mol. The molecule has 0 aliphatic rings. The van der Waals surface area contributed by atoms with Gasteiger partial charge in [-0.05, 0) is 44.5 Å². The van der Waals surface area contributed by atoms with Crippen molar-refractivity contribution in [3.63, 3.8) is 0 Å². The van der Waals surface area contributed by atoms with Crippen LogP contribution in [0.4, 0.5) is 19.0 Å². The fraction of sp³-hybridized carbons (Fsp3) is 0.250. The number of nitrogens with one attached hydrogen (secondary N) is 1. The van der Waals surface area contributed by atoms with Gasteiger partial charge in [-0.2, -0.15) is 13.2 Å². The van der Waals surface area contributed by atoms with Crippen LogP contribution in [-0.4, -0.2) is 10.5 Å². The summed E-state index contributed by atoms with van der Waals surface area (Å²) in [7, 11) is 0. The van der Waals surface area contributed by atoms with Gasteiger partial charge in [-0.15, -0.1) is 0 Å². The van der Waals surface area contributed by atoms with Gasteiger partial charge in [0.1, 0.15) is 5.82 Å². The van der Waals surface area contributed by atoms with Gasteiger partial charge in [-0.25, -0.2) is 4.98 Å². The van der Waals surface area contributed by atoms with Crippen LogP contribution >= 0.6 is 11.6 Å². The van der Waals surface area contributed by atoms with Crippen molar-refractivity contribution in [3.05, 3.63) is 59.1 Å². The Morgan fingerprint density at radius 2 is 1.62 bits per heavy atom. The molecule has 0 radical (unpaired) electrons. The summed E-state index contributed by atoms with van der Waals surface area (Å²) < 4.78 is 39.3. The second-order valence-corrected chi connectivity index (χ2v) is 7.50. The maximum absolute atomic E-state index is 13.1. The molecule has 0 atom stereocenters. The van der Waals surface area contributed by atoms with E-state index in [0.29, 0.717) is 16.9 Å². The van der Waals surface area contributed by atoms with E-state index in [1.54, 1.807) is 0 Å². The van der Waals surface area contributed by atoms with Gasteiger partial charge in [-0.3, -0.25) is 0 Å². The summed E-state index contributed by atoms with van der Waals surface area (Å²) >= 11 is 6.58. The number of fused-ring (bicyclic) bond motifs is 1. The molecular weight excluding hydrogens is 361 g/mol. The topological polar surface area (TPSA) is 24.9 Å². The normalized spacial score (nSPS) is 12.4. The lowest BCUT2D eigenvalue weighted by molar-refractivity contribution is -0.137. The van der Waals surface area contributed by atoms with Crippen molar-refractivity contribution in [2.75, 3.05) is 5.32 Å². The molecule has 1 N–H and O–H groups in total. The molecule has 1 heterocycles. The van der Waals surface area contributed by atoms with Crippen LogP contribution in [0, 0.1) is 0 Å². The fourth-order valence-corrected chi connectivity index (χ4v) is 3.06. The zero-order valence-electron chi connectivity index (χ0n) is 14.6. The summed E-state index contributed by atoms with van der Waals surface area (Å²) in [6.45, 7) is 5.94. The van der Waals surface area contributed by atoms with E-state index >= 15 is 0 Å². The molecule has 0 amide bonds. The van der Waals surface area contributed by atoms with Crippen molar-refractivity contribution >= 4 is 28.3 Å². The molecule has 1 aromatic heterocycles. The van der Waals surface area contributed by atoms with Gasteiger partial charge in [-0.1, -0.05) is 41.9 Å². The first-order chi connectivity index (χ1) is 12.1. The highest BCUT2D eigenvalue weighted by atomic mass is 35.5. The number of hydrogen-bond donors (Lipinski definition) is 1. The maximum atomic E-state index is 13.1. The second-order valence-electron chi connectivity index (χ2n) is 7.12. The molecule has 0 unspecified atom stereocenters. The molecule has 0 aliphatic heterocycles. The predicted molar refractivity (Wildman–Crippen MR) is 101 cm³/mol. The van der Waals surface area contributed by atoms with Crippen LogP contribution in [0.3, 0.4) is 0 Å². The van der Waals surface area contributed by atoms with Gasteiger partial charge in [0.15, 0.2) is 0 Å². The zero-order chi connectivity index (χ0) is 19.1. The molecule has 2 nitrogen and oxygen atoms in total. The summed E-state index contributed by atoms with van der Waals surface area (Å²) in [5.74, 6) is 0.543. The van der Waals surface area contributed by atoms with Crippen LogP contribution in [0.5, 0.6) is 0 Å². The maximum Gasteiger partial charge on any atom is 0.416 e. The number of aromatic nitrogens is 1. The summed E-state index contributed by atoms with van der Waals surface area (Å²) in [6, 6.07) is 12.7. The lowest BCUT2D eigenvalue weighted by Crippen LogP contribution is -2.27. The smallest absolute Gasteiger partial charge is 0.365 e. The molecule has 6 heteroatoms. The second kappa shape index (κ2) is 6.47. The lowest BCUT2D eigenvalue weighted by atomic mass is 10.0. The van der Waals surface area contributed by atoms with Crippen LogP contribution in [0.1, 0.15) is 26.3 Å². The third kappa shape index (κ3) is 3.78. The number of benzene rings is 2. The minimum atomic E-state index is -4.44. The molecule has 0 saturated heterocycles. The van der Waals surface area contributed by atoms with Gasteiger partial charge < -0.3 is 5.32 Å². The monoisotopic (exact) mass is 378 g/mol. The van der Waals surface area contributed by atoms with Crippen LogP contribution in [0.25, 0.3) is 22.0 Å². The largest absolute Gasteiger partial charge is 0.416 e. The van der Waals surface area contributed by atoms with Crippen molar-refractivity contribution in [1.82, 2.24) is 4.98 Å². The van der Waals surface area contributed by atoms with Gasteiger partial charge in [0.2, 0.25) is 0 Å². The first-order valence-electron chi connectivity index (χ1n) is 8.10. The lowest BCUT2D eigenvalue weighted by Gasteiger charge is -2.24. The van der Waals surface area contributed by atoms with Crippen molar-refractivity contribution in [2.45, 2.75) is 32.5 Å². The van der Waals surface area contributed by atoms with Gasteiger partial charge in [0, 0.05) is 16.5 Å². The molecule has 3 aromatic rings. The standard InChI is InChI=1S/C20H18ClF3N2/c1-19(2,3)26-18-16(12-7-5-4-6-8-12)17(21)14-11-13(20(22,23)24)9-10-15(14)25-18/h4-11H,1-3H3,(H,25,26). The molecule has 26 heavy (non-hydrogen) atoms. The summed E-state index contributed by atoms with van der Waals surface area (Å²) in [6.07, 6.45) is -4.44. The van der Waals surface area contributed by atoms with E-state index in [0.717, 1.165) is 17.7 Å². The van der Waals surface area contributed by atoms with Crippen LogP contribution in [-0.2, 0) is 6.18 Å². The Bertz CT molecular complexity index is 945.